The summed E-state index contributed by atoms with van der Waals surface area (Å²) in [4.78, 5) is 28.1. The molecule has 4 rings (SSSR count). The van der Waals surface area contributed by atoms with Gasteiger partial charge < -0.3 is 9.73 Å². The van der Waals surface area contributed by atoms with E-state index in [2.05, 4.69) is 5.32 Å². The highest BCUT2D eigenvalue weighted by molar-refractivity contribution is 7.92. The number of carbonyl (C=O) groups excluding carboxylic acids is 1. The van der Waals surface area contributed by atoms with Crippen molar-refractivity contribution in [1.29, 1.82) is 0 Å². The Morgan fingerprint density at radius 3 is 2.53 bits per heavy atom. The Hall–Kier alpha value is -2.52. The quantitative estimate of drug-likeness (QED) is 0.233. The number of sulfonamides is 1. The number of pyridine rings is 1. The molecule has 1 atom stereocenters. The van der Waals surface area contributed by atoms with E-state index in [1.54, 1.807) is 13.7 Å². The summed E-state index contributed by atoms with van der Waals surface area (Å²) >= 11 is 0. The van der Waals surface area contributed by atoms with E-state index in [1.807, 2.05) is 44.2 Å². The van der Waals surface area contributed by atoms with Gasteiger partial charge in [0.15, 0.2) is 0 Å². The topological polar surface area (TPSA) is 122 Å². The molecule has 1 fully saturated rings. The summed E-state index contributed by atoms with van der Waals surface area (Å²) in [6.07, 6.45) is 4.68. The second-order valence-electron chi connectivity index (χ2n) is 10.0. The number of nitrogens with zero attached hydrogens (tertiary/aromatic N) is 2. The Balaban J connectivity index is 1.77. The molecule has 38 heavy (non-hydrogen) atoms. The number of anilines is 1. The molecular formula is C27H37N3O6PS+. The molecule has 1 amide bonds. The van der Waals surface area contributed by atoms with Crippen LogP contribution in [0.5, 0.6) is 0 Å². The van der Waals surface area contributed by atoms with Crippen LogP contribution in [0.15, 0.2) is 34.7 Å². The second-order valence-corrected chi connectivity index (χ2v) is 14.7. The molecule has 1 unspecified atom stereocenters. The third-order valence-electron chi connectivity index (χ3n) is 6.70. The largest absolute Gasteiger partial charge is 0.437 e. The highest BCUT2D eigenvalue weighted by Crippen LogP contribution is 2.52. The lowest BCUT2D eigenvalue weighted by Gasteiger charge is -2.24. The highest BCUT2D eigenvalue weighted by atomic mass is 32.2. The number of benzene rings is 1. The molecule has 1 aliphatic carbocycles. The number of rotatable bonds is 12. The van der Waals surface area contributed by atoms with Gasteiger partial charge in [-0.25, -0.2) is 17.8 Å². The third-order valence-corrected chi connectivity index (χ3v) is 9.82. The van der Waals surface area contributed by atoms with Gasteiger partial charge in [0, 0.05) is 19.2 Å². The SMILES string of the molecule is CCO[P+](C)(O)CCCCN(c1nc2oc(-c3ccc(C)cc3)c(C(=O)NC)c2cc1C1CC1)S(C)(=O)=O. The van der Waals surface area contributed by atoms with Crippen LogP contribution in [0, 0.1) is 6.92 Å². The number of fused-ring (bicyclic) bond motifs is 1. The van der Waals surface area contributed by atoms with E-state index in [1.165, 1.54) is 10.6 Å². The molecule has 1 saturated carbocycles. The molecule has 2 heterocycles. The van der Waals surface area contributed by atoms with Crippen molar-refractivity contribution in [1.82, 2.24) is 10.3 Å². The average molecular weight is 563 g/mol. The minimum absolute atomic E-state index is 0.172. The predicted octanol–water partition coefficient (Wildman–Crippen LogP) is 5.09. The molecule has 0 spiro atoms. The van der Waals surface area contributed by atoms with Crippen LogP contribution in [-0.2, 0) is 14.5 Å². The average Bonchev–Trinajstić information content (AvgIpc) is 3.63. The molecule has 0 bridgehead atoms. The zero-order valence-electron chi connectivity index (χ0n) is 22.7. The number of hydrogen-bond acceptors (Lipinski definition) is 7. The lowest BCUT2D eigenvalue weighted by Crippen LogP contribution is -2.32. The summed E-state index contributed by atoms with van der Waals surface area (Å²) in [5.41, 5.74) is 3.23. The molecular weight excluding hydrogens is 525 g/mol. The zero-order valence-corrected chi connectivity index (χ0v) is 24.4. The highest BCUT2D eigenvalue weighted by Gasteiger charge is 2.35. The fraction of sp³-hybridized carbons (Fsp3) is 0.481. The summed E-state index contributed by atoms with van der Waals surface area (Å²) in [7, 11) is -4.53. The zero-order chi connectivity index (χ0) is 27.7. The van der Waals surface area contributed by atoms with Crippen LogP contribution in [0.2, 0.25) is 0 Å². The molecule has 9 nitrogen and oxygen atoms in total. The van der Waals surface area contributed by atoms with Crippen molar-refractivity contribution >= 4 is 40.6 Å². The molecule has 206 valence electrons. The maximum absolute atomic E-state index is 13.0. The standard InChI is InChI=1S/C27H36N3O6PS/c1-6-35-37(4,32)16-8-7-15-30(38(5,33)34)25-21(19-13-14-19)17-22-23(26(31)28-3)24(36-27(22)29-25)20-11-9-18(2)10-12-20/h9-12,17,19,32H,6-8,13-16H2,1-5H3/p+1. The normalized spacial score (nSPS) is 15.4. The number of furan rings is 1. The number of carbonyl (C=O) groups is 1. The van der Waals surface area contributed by atoms with Crippen LogP contribution in [0.3, 0.4) is 0 Å². The smallest absolute Gasteiger partial charge is 0.268 e. The van der Waals surface area contributed by atoms with E-state index >= 15 is 0 Å². The number of hydrogen-bond donors (Lipinski definition) is 2. The maximum atomic E-state index is 13.0. The summed E-state index contributed by atoms with van der Waals surface area (Å²) in [5, 5.41) is 3.27. The minimum atomic E-state index is -3.66. The first-order chi connectivity index (χ1) is 17.9. The Kier molecular flexibility index (Phi) is 8.47. The van der Waals surface area contributed by atoms with Gasteiger partial charge in [0.2, 0.25) is 15.7 Å². The molecule has 0 aliphatic heterocycles. The molecule has 0 radical (unpaired) electrons. The van der Waals surface area contributed by atoms with Crippen molar-refractivity contribution in [2.24, 2.45) is 0 Å². The lowest BCUT2D eigenvalue weighted by atomic mass is 10.0. The number of amides is 1. The van der Waals surface area contributed by atoms with Gasteiger partial charge in [-0.3, -0.25) is 9.10 Å². The molecule has 0 saturated heterocycles. The third kappa shape index (κ3) is 6.37. The molecule has 3 aromatic rings. The molecule has 11 heteroatoms. The maximum Gasteiger partial charge on any atom is 0.268 e. The van der Waals surface area contributed by atoms with Gasteiger partial charge >= 0.3 is 0 Å². The fourth-order valence-electron chi connectivity index (χ4n) is 4.61. The van der Waals surface area contributed by atoms with Gasteiger partial charge in [-0.2, -0.15) is 4.98 Å². The summed E-state index contributed by atoms with van der Waals surface area (Å²) in [5.74, 6) is 0.631. The van der Waals surface area contributed by atoms with Gasteiger partial charge in [0.25, 0.3) is 13.6 Å². The number of nitrogens with one attached hydrogen (secondary N) is 1. The van der Waals surface area contributed by atoms with Crippen LogP contribution in [0.25, 0.3) is 22.4 Å². The Bertz CT molecular complexity index is 1410. The van der Waals surface area contributed by atoms with Crippen molar-refractivity contribution in [3.8, 4) is 11.3 Å². The number of unbranched alkanes of at least 4 members (excludes halogenated alkanes) is 1. The summed E-state index contributed by atoms with van der Waals surface area (Å²) in [6, 6.07) is 9.56. The summed E-state index contributed by atoms with van der Waals surface area (Å²) in [6.45, 7) is 6.21. The van der Waals surface area contributed by atoms with E-state index in [-0.39, 0.29) is 24.1 Å². The van der Waals surface area contributed by atoms with Crippen LogP contribution in [-0.4, -0.2) is 63.5 Å². The van der Waals surface area contributed by atoms with E-state index < -0.39 is 17.7 Å². The van der Waals surface area contributed by atoms with Gasteiger partial charge in [0.1, 0.15) is 24.4 Å². The van der Waals surface area contributed by atoms with E-state index in [0.717, 1.165) is 29.5 Å². The van der Waals surface area contributed by atoms with Crippen LogP contribution >= 0.6 is 7.72 Å². The first kappa shape index (κ1) is 28.5. The van der Waals surface area contributed by atoms with Crippen molar-refractivity contribution in [2.45, 2.75) is 45.4 Å². The van der Waals surface area contributed by atoms with E-state index in [0.29, 0.717) is 48.1 Å². The Morgan fingerprint density at radius 1 is 1.26 bits per heavy atom. The van der Waals surface area contributed by atoms with Crippen molar-refractivity contribution in [3.63, 3.8) is 0 Å². The molecule has 2 N–H and O–H groups in total. The second kappa shape index (κ2) is 11.3. The molecule has 1 aliphatic rings. The lowest BCUT2D eigenvalue weighted by molar-refractivity contribution is 0.0964. The van der Waals surface area contributed by atoms with Crippen LogP contribution < -0.4 is 9.62 Å². The van der Waals surface area contributed by atoms with Crippen molar-refractivity contribution in [3.05, 3.63) is 47.0 Å². The minimum Gasteiger partial charge on any atom is -0.437 e. The van der Waals surface area contributed by atoms with Gasteiger partial charge in [-0.1, -0.05) is 29.8 Å². The number of aromatic nitrogens is 1. The van der Waals surface area contributed by atoms with Crippen LogP contribution in [0.1, 0.15) is 60.0 Å². The number of aryl methyl sites for hydroxylation is 1. The van der Waals surface area contributed by atoms with Crippen molar-refractivity contribution in [2.75, 3.05) is 43.6 Å². The van der Waals surface area contributed by atoms with Gasteiger partial charge in [-0.15, -0.1) is 0 Å². The first-order valence-corrected chi connectivity index (χ1v) is 17.1. The molecule has 2 aromatic heterocycles. The predicted molar refractivity (Wildman–Crippen MR) is 153 cm³/mol. The van der Waals surface area contributed by atoms with E-state index in [4.69, 9.17) is 13.9 Å². The van der Waals surface area contributed by atoms with Crippen molar-refractivity contribution < 1.29 is 27.0 Å². The van der Waals surface area contributed by atoms with Gasteiger partial charge in [0.05, 0.1) is 23.8 Å². The Morgan fingerprint density at radius 2 is 1.95 bits per heavy atom. The monoisotopic (exact) mass is 562 g/mol. The van der Waals surface area contributed by atoms with E-state index in [9.17, 15) is 18.1 Å². The Labute approximate surface area is 225 Å². The summed E-state index contributed by atoms with van der Waals surface area (Å²) < 4.78 is 38.9. The molecule has 1 aromatic carbocycles. The fourth-order valence-corrected chi connectivity index (χ4v) is 7.03. The van der Waals surface area contributed by atoms with Crippen LogP contribution in [0.4, 0.5) is 5.82 Å². The first-order valence-electron chi connectivity index (χ1n) is 12.9. The van der Waals surface area contributed by atoms with Gasteiger partial charge in [-0.05, 0) is 57.1 Å².